The second-order valence-corrected chi connectivity index (χ2v) is 4.26. The zero-order valence-electron chi connectivity index (χ0n) is 10.2. The van der Waals surface area contributed by atoms with E-state index in [4.69, 9.17) is 5.73 Å². The van der Waals surface area contributed by atoms with Crippen molar-refractivity contribution in [2.75, 3.05) is 0 Å². The van der Waals surface area contributed by atoms with Crippen molar-refractivity contribution in [3.63, 3.8) is 0 Å². The van der Waals surface area contributed by atoms with Crippen LogP contribution in [0, 0.1) is 0 Å². The number of nitrogens with zero attached hydrogens (tertiary/aromatic N) is 3. The summed E-state index contributed by atoms with van der Waals surface area (Å²) in [5, 5.41) is 8.19. The normalized spacial score (nSPS) is 10.7. The van der Waals surface area contributed by atoms with E-state index >= 15 is 0 Å². The largest absolute Gasteiger partial charge is 0.365 e. The molecule has 3 rings (SSSR count). The summed E-state index contributed by atoms with van der Waals surface area (Å²) in [5.74, 6) is 0.286. The molecule has 1 amide bonds. The van der Waals surface area contributed by atoms with Gasteiger partial charge in [-0.15, -0.1) is 10.2 Å². The first-order valence-electron chi connectivity index (χ1n) is 5.92. The minimum atomic E-state index is -0.496. The molecular formula is C14H12N4O. The van der Waals surface area contributed by atoms with Gasteiger partial charge >= 0.3 is 0 Å². The van der Waals surface area contributed by atoms with Gasteiger partial charge in [-0.3, -0.25) is 9.20 Å². The Hall–Kier alpha value is -2.69. The highest BCUT2D eigenvalue weighted by atomic mass is 16.1. The van der Waals surface area contributed by atoms with Crippen LogP contribution in [0.2, 0.25) is 0 Å². The smallest absolute Gasteiger partial charge is 0.252 e. The van der Waals surface area contributed by atoms with Crippen molar-refractivity contribution in [2.45, 2.75) is 6.42 Å². The summed E-state index contributed by atoms with van der Waals surface area (Å²) in [5.41, 5.74) is 7.35. The Morgan fingerprint density at radius 1 is 1.11 bits per heavy atom. The van der Waals surface area contributed by atoms with Gasteiger partial charge in [0.05, 0.1) is 5.56 Å². The first-order valence-corrected chi connectivity index (χ1v) is 5.92. The molecule has 0 fully saturated rings. The number of fused-ring (bicyclic) bond motifs is 1. The number of amides is 1. The summed E-state index contributed by atoms with van der Waals surface area (Å²) in [6.07, 6.45) is 2.49. The molecule has 0 aliphatic heterocycles. The van der Waals surface area contributed by atoms with Gasteiger partial charge in [0.15, 0.2) is 5.65 Å². The first-order chi connectivity index (χ1) is 9.25. The number of nitrogens with two attached hydrogens (primary N) is 1. The zero-order valence-corrected chi connectivity index (χ0v) is 10.2. The molecule has 0 unspecified atom stereocenters. The van der Waals surface area contributed by atoms with E-state index in [0.717, 1.165) is 11.4 Å². The van der Waals surface area contributed by atoms with Gasteiger partial charge in [-0.2, -0.15) is 0 Å². The molecule has 0 aliphatic carbocycles. The maximum atomic E-state index is 11.3. The number of hydrogen-bond acceptors (Lipinski definition) is 3. The van der Waals surface area contributed by atoms with Crippen LogP contribution in [0.25, 0.3) is 5.65 Å². The van der Waals surface area contributed by atoms with E-state index in [1.54, 1.807) is 16.5 Å². The predicted molar refractivity (Wildman–Crippen MR) is 70.8 cm³/mol. The Bertz CT molecular complexity index is 734. The van der Waals surface area contributed by atoms with Gasteiger partial charge in [0.25, 0.3) is 5.91 Å². The summed E-state index contributed by atoms with van der Waals surface area (Å²) in [6.45, 7) is 0. The van der Waals surface area contributed by atoms with E-state index in [9.17, 15) is 4.79 Å². The fraction of sp³-hybridized carbons (Fsp3) is 0.0714. The molecule has 3 aromatic rings. The van der Waals surface area contributed by atoms with Crippen LogP contribution < -0.4 is 5.73 Å². The molecule has 5 nitrogen and oxygen atoms in total. The van der Waals surface area contributed by atoms with E-state index in [-0.39, 0.29) is 0 Å². The summed E-state index contributed by atoms with van der Waals surface area (Å²) < 4.78 is 1.80. The van der Waals surface area contributed by atoms with Gasteiger partial charge in [-0.1, -0.05) is 30.3 Å². The monoisotopic (exact) mass is 252 g/mol. The molecule has 0 saturated carbocycles. The Morgan fingerprint density at radius 3 is 2.63 bits per heavy atom. The van der Waals surface area contributed by atoms with Crippen molar-refractivity contribution in [3.05, 3.63) is 65.6 Å². The Morgan fingerprint density at radius 2 is 1.89 bits per heavy atom. The Labute approximate surface area is 109 Å². The van der Waals surface area contributed by atoms with Gasteiger partial charge in [0.2, 0.25) is 0 Å². The van der Waals surface area contributed by atoms with Crippen LogP contribution in [-0.2, 0) is 6.42 Å². The molecule has 1 aromatic carbocycles. The quantitative estimate of drug-likeness (QED) is 0.766. The van der Waals surface area contributed by atoms with Crippen molar-refractivity contribution < 1.29 is 4.79 Å². The summed E-state index contributed by atoms with van der Waals surface area (Å²) in [7, 11) is 0. The average molecular weight is 252 g/mol. The van der Waals surface area contributed by atoms with E-state index in [1.165, 1.54) is 0 Å². The molecule has 2 N–H and O–H groups in total. The molecule has 0 saturated heterocycles. The van der Waals surface area contributed by atoms with Gasteiger partial charge in [-0.05, 0) is 17.7 Å². The highest BCUT2D eigenvalue weighted by Crippen LogP contribution is 2.12. The summed E-state index contributed by atoms with van der Waals surface area (Å²) >= 11 is 0. The number of primary amides is 1. The highest BCUT2D eigenvalue weighted by molar-refractivity contribution is 5.98. The fourth-order valence-corrected chi connectivity index (χ4v) is 2.06. The number of benzene rings is 1. The van der Waals surface area contributed by atoms with Crippen LogP contribution in [0.3, 0.4) is 0 Å². The number of hydrogen-bond donors (Lipinski definition) is 1. The number of pyridine rings is 1. The lowest BCUT2D eigenvalue weighted by molar-refractivity contribution is 0.100. The third-order valence-electron chi connectivity index (χ3n) is 2.98. The van der Waals surface area contributed by atoms with E-state index in [0.29, 0.717) is 17.6 Å². The van der Waals surface area contributed by atoms with Crippen molar-refractivity contribution in [2.24, 2.45) is 5.73 Å². The van der Waals surface area contributed by atoms with Gasteiger partial charge in [0.1, 0.15) is 5.82 Å². The molecule has 5 heteroatoms. The zero-order chi connectivity index (χ0) is 13.2. The van der Waals surface area contributed by atoms with Crippen LogP contribution in [0.1, 0.15) is 21.7 Å². The van der Waals surface area contributed by atoms with Gasteiger partial charge < -0.3 is 5.73 Å². The second-order valence-electron chi connectivity index (χ2n) is 4.26. The minimum Gasteiger partial charge on any atom is -0.365 e. The predicted octanol–water partition coefficient (Wildman–Crippen LogP) is 1.42. The molecule has 0 atom stereocenters. The number of rotatable bonds is 3. The molecular weight excluding hydrogens is 240 g/mol. The lowest BCUT2D eigenvalue weighted by Gasteiger charge is -2.01. The SMILES string of the molecule is NC(=O)c1cccn2c(Cc3ccccc3)nnc12. The molecule has 0 radical (unpaired) electrons. The maximum Gasteiger partial charge on any atom is 0.252 e. The molecule has 94 valence electrons. The summed E-state index contributed by atoms with van der Waals surface area (Å²) in [6, 6.07) is 13.4. The van der Waals surface area contributed by atoms with E-state index < -0.39 is 5.91 Å². The fourth-order valence-electron chi connectivity index (χ4n) is 2.06. The van der Waals surface area contributed by atoms with Crippen LogP contribution in [-0.4, -0.2) is 20.5 Å². The second kappa shape index (κ2) is 4.53. The van der Waals surface area contributed by atoms with Gasteiger partial charge in [-0.25, -0.2) is 0 Å². The number of carbonyl (C=O) groups excluding carboxylic acids is 1. The number of aromatic nitrogens is 3. The molecule has 2 heterocycles. The molecule has 2 aromatic heterocycles. The third-order valence-corrected chi connectivity index (χ3v) is 2.98. The average Bonchev–Trinajstić information content (AvgIpc) is 2.83. The third kappa shape index (κ3) is 2.06. The van der Waals surface area contributed by atoms with E-state index in [2.05, 4.69) is 10.2 Å². The van der Waals surface area contributed by atoms with Crippen molar-refractivity contribution in [1.82, 2.24) is 14.6 Å². The maximum absolute atomic E-state index is 11.3. The van der Waals surface area contributed by atoms with Crippen LogP contribution in [0.5, 0.6) is 0 Å². The minimum absolute atomic E-state index is 0.384. The summed E-state index contributed by atoms with van der Waals surface area (Å²) in [4.78, 5) is 11.3. The first kappa shape index (κ1) is 11.4. The topological polar surface area (TPSA) is 73.3 Å². The lowest BCUT2D eigenvalue weighted by atomic mass is 10.1. The Balaban J connectivity index is 2.07. The molecule has 0 aliphatic rings. The Kier molecular flexibility index (Phi) is 2.72. The van der Waals surface area contributed by atoms with Crippen LogP contribution >= 0.6 is 0 Å². The van der Waals surface area contributed by atoms with Crippen LogP contribution in [0.4, 0.5) is 0 Å². The van der Waals surface area contributed by atoms with Crippen LogP contribution in [0.15, 0.2) is 48.7 Å². The number of carbonyl (C=O) groups is 1. The van der Waals surface area contributed by atoms with Gasteiger partial charge in [0, 0.05) is 12.6 Å². The molecule has 19 heavy (non-hydrogen) atoms. The lowest BCUT2D eigenvalue weighted by Crippen LogP contribution is -2.12. The van der Waals surface area contributed by atoms with Crippen molar-refractivity contribution in [3.8, 4) is 0 Å². The molecule has 0 bridgehead atoms. The van der Waals surface area contributed by atoms with Crippen molar-refractivity contribution >= 4 is 11.6 Å². The standard InChI is InChI=1S/C14H12N4O/c15-13(19)11-7-4-8-18-12(16-17-14(11)18)9-10-5-2-1-3-6-10/h1-8H,9H2,(H2,15,19). The highest BCUT2D eigenvalue weighted by Gasteiger charge is 2.12. The van der Waals surface area contributed by atoms with E-state index in [1.807, 2.05) is 36.5 Å². The van der Waals surface area contributed by atoms with Crippen molar-refractivity contribution in [1.29, 1.82) is 0 Å². The molecule has 0 spiro atoms.